The molecule has 0 aliphatic heterocycles. The third kappa shape index (κ3) is 2.59. The van der Waals surface area contributed by atoms with Gasteiger partial charge in [-0.2, -0.15) is 0 Å². The van der Waals surface area contributed by atoms with E-state index in [4.69, 9.17) is 0 Å². The molecule has 0 fully saturated rings. The number of halogens is 1. The second-order valence-corrected chi connectivity index (χ2v) is 4.60. The average molecular weight is 276 g/mol. The molecule has 0 atom stereocenters. The van der Waals surface area contributed by atoms with Crippen molar-refractivity contribution in [3.63, 3.8) is 0 Å². The Morgan fingerprint density at radius 1 is 1.30 bits per heavy atom. The highest BCUT2D eigenvalue weighted by atomic mass is 19.1. The molecule has 20 heavy (non-hydrogen) atoms. The van der Waals surface area contributed by atoms with Crippen molar-refractivity contribution in [3.05, 3.63) is 73.4 Å². The van der Waals surface area contributed by atoms with Gasteiger partial charge < -0.3 is 4.57 Å². The maximum absolute atomic E-state index is 13.1. The molecule has 0 N–H and O–H groups in total. The third-order valence-corrected chi connectivity index (χ3v) is 3.08. The fourth-order valence-electron chi connectivity index (χ4n) is 2.15. The SMILES string of the molecule is Cc1cc(C)n(Cc2cccc(F)c2)c(=O)c1[N+](=O)[O-]. The van der Waals surface area contributed by atoms with E-state index in [-0.39, 0.29) is 6.54 Å². The summed E-state index contributed by atoms with van der Waals surface area (Å²) in [6.07, 6.45) is 0. The van der Waals surface area contributed by atoms with Crippen LogP contribution in [-0.4, -0.2) is 9.49 Å². The van der Waals surface area contributed by atoms with E-state index in [1.165, 1.54) is 29.7 Å². The van der Waals surface area contributed by atoms with Crippen molar-refractivity contribution in [2.75, 3.05) is 0 Å². The number of nitrogens with zero attached hydrogens (tertiary/aromatic N) is 2. The largest absolute Gasteiger partial charge is 0.336 e. The van der Waals surface area contributed by atoms with E-state index in [0.717, 1.165) is 0 Å². The highest BCUT2D eigenvalue weighted by molar-refractivity contribution is 5.38. The Morgan fingerprint density at radius 3 is 2.60 bits per heavy atom. The molecule has 0 aliphatic rings. The molecule has 0 amide bonds. The molecule has 1 aromatic carbocycles. The molecule has 0 saturated carbocycles. The van der Waals surface area contributed by atoms with Crippen LogP contribution in [-0.2, 0) is 6.54 Å². The summed E-state index contributed by atoms with van der Waals surface area (Å²) in [5.41, 5.74) is 0.396. The zero-order valence-corrected chi connectivity index (χ0v) is 11.1. The minimum atomic E-state index is -0.681. The van der Waals surface area contributed by atoms with Crippen molar-refractivity contribution >= 4 is 5.69 Å². The second kappa shape index (κ2) is 5.24. The van der Waals surface area contributed by atoms with Gasteiger partial charge in [-0.15, -0.1) is 0 Å². The Kier molecular flexibility index (Phi) is 3.65. The second-order valence-electron chi connectivity index (χ2n) is 4.60. The van der Waals surface area contributed by atoms with E-state index >= 15 is 0 Å². The Hall–Kier alpha value is -2.50. The number of nitro groups is 1. The summed E-state index contributed by atoms with van der Waals surface area (Å²) in [6, 6.07) is 7.39. The number of aryl methyl sites for hydroxylation is 2. The molecule has 2 rings (SSSR count). The molecule has 0 aliphatic carbocycles. The first-order valence-electron chi connectivity index (χ1n) is 6.00. The maximum atomic E-state index is 13.1. The number of hydrogen-bond donors (Lipinski definition) is 0. The van der Waals surface area contributed by atoms with Crippen LogP contribution in [0.3, 0.4) is 0 Å². The number of pyridine rings is 1. The van der Waals surface area contributed by atoms with Gasteiger partial charge in [0.1, 0.15) is 5.82 Å². The van der Waals surface area contributed by atoms with Crippen molar-refractivity contribution in [1.29, 1.82) is 0 Å². The van der Waals surface area contributed by atoms with Gasteiger partial charge in [0.2, 0.25) is 0 Å². The molecule has 1 aromatic heterocycles. The van der Waals surface area contributed by atoms with Crippen LogP contribution in [0.4, 0.5) is 10.1 Å². The minimum Gasteiger partial charge on any atom is -0.303 e. The van der Waals surface area contributed by atoms with Gasteiger partial charge in [-0.1, -0.05) is 12.1 Å². The lowest BCUT2D eigenvalue weighted by atomic mass is 10.1. The van der Waals surface area contributed by atoms with Crippen LogP contribution < -0.4 is 5.56 Å². The predicted octanol–water partition coefficient (Wildman–Crippen LogP) is 2.56. The molecular formula is C14H13FN2O3. The van der Waals surface area contributed by atoms with E-state index < -0.39 is 22.0 Å². The first-order chi connectivity index (χ1) is 9.40. The summed E-state index contributed by atoms with van der Waals surface area (Å²) in [5, 5.41) is 10.9. The van der Waals surface area contributed by atoms with Gasteiger partial charge in [0, 0.05) is 11.3 Å². The van der Waals surface area contributed by atoms with Gasteiger partial charge in [0.25, 0.3) is 0 Å². The van der Waals surface area contributed by atoms with Crippen molar-refractivity contribution in [2.24, 2.45) is 0 Å². The van der Waals surface area contributed by atoms with E-state index in [1.807, 2.05) is 0 Å². The first kappa shape index (κ1) is 13.9. The quantitative estimate of drug-likeness (QED) is 0.639. The zero-order chi connectivity index (χ0) is 14.9. The van der Waals surface area contributed by atoms with E-state index in [9.17, 15) is 19.3 Å². The summed E-state index contributed by atoms with van der Waals surface area (Å²) in [5.74, 6) is -0.408. The molecule has 0 radical (unpaired) electrons. The third-order valence-electron chi connectivity index (χ3n) is 3.08. The number of hydrogen-bond acceptors (Lipinski definition) is 3. The van der Waals surface area contributed by atoms with Gasteiger partial charge in [-0.05, 0) is 37.6 Å². The smallest absolute Gasteiger partial charge is 0.303 e. The molecule has 0 bridgehead atoms. The first-order valence-corrected chi connectivity index (χ1v) is 6.00. The molecule has 5 nitrogen and oxygen atoms in total. The number of rotatable bonds is 3. The van der Waals surface area contributed by atoms with E-state index in [2.05, 4.69) is 0 Å². The minimum absolute atomic E-state index is 0.101. The molecule has 104 valence electrons. The molecule has 2 aromatic rings. The van der Waals surface area contributed by atoms with Crippen LogP contribution in [0.15, 0.2) is 35.1 Å². The highest BCUT2D eigenvalue weighted by Gasteiger charge is 2.20. The lowest BCUT2D eigenvalue weighted by Crippen LogP contribution is -2.26. The van der Waals surface area contributed by atoms with Crippen molar-refractivity contribution in [2.45, 2.75) is 20.4 Å². The van der Waals surface area contributed by atoms with Gasteiger partial charge in [-0.3, -0.25) is 14.9 Å². The van der Waals surface area contributed by atoms with Crippen molar-refractivity contribution in [3.8, 4) is 0 Å². The lowest BCUT2D eigenvalue weighted by Gasteiger charge is -2.11. The van der Waals surface area contributed by atoms with Crippen LogP contribution in [0, 0.1) is 29.8 Å². The van der Waals surface area contributed by atoms with E-state index in [1.54, 1.807) is 19.1 Å². The molecule has 0 saturated heterocycles. The lowest BCUT2D eigenvalue weighted by molar-refractivity contribution is -0.387. The summed E-state index contributed by atoms with van der Waals surface area (Å²) < 4.78 is 14.4. The summed E-state index contributed by atoms with van der Waals surface area (Å²) in [7, 11) is 0. The Bertz CT molecular complexity index is 738. The topological polar surface area (TPSA) is 65.1 Å². The monoisotopic (exact) mass is 276 g/mol. The fourth-order valence-corrected chi connectivity index (χ4v) is 2.15. The van der Waals surface area contributed by atoms with Gasteiger partial charge >= 0.3 is 11.2 Å². The number of aromatic nitrogens is 1. The average Bonchev–Trinajstić information content (AvgIpc) is 2.33. The molecule has 6 heteroatoms. The fraction of sp³-hybridized carbons (Fsp3) is 0.214. The summed E-state index contributed by atoms with van der Waals surface area (Å²) in [4.78, 5) is 22.4. The maximum Gasteiger partial charge on any atom is 0.336 e. The highest BCUT2D eigenvalue weighted by Crippen LogP contribution is 2.15. The van der Waals surface area contributed by atoms with Crippen LogP contribution in [0.1, 0.15) is 16.8 Å². The van der Waals surface area contributed by atoms with Crippen LogP contribution >= 0.6 is 0 Å². The van der Waals surface area contributed by atoms with Crippen LogP contribution in [0.5, 0.6) is 0 Å². The Labute approximate surface area is 114 Å². The normalized spacial score (nSPS) is 10.6. The van der Waals surface area contributed by atoms with E-state index in [0.29, 0.717) is 16.8 Å². The zero-order valence-electron chi connectivity index (χ0n) is 11.1. The van der Waals surface area contributed by atoms with Crippen LogP contribution in [0.2, 0.25) is 0 Å². The molecule has 1 heterocycles. The summed E-state index contributed by atoms with van der Waals surface area (Å²) in [6.45, 7) is 3.32. The van der Waals surface area contributed by atoms with Crippen molar-refractivity contribution < 1.29 is 9.31 Å². The molecule has 0 unspecified atom stereocenters. The molecule has 0 spiro atoms. The Balaban J connectivity index is 2.55. The standard InChI is InChI=1S/C14H13FN2O3/c1-9-6-10(2)16(14(18)13(9)17(19)20)8-11-4-3-5-12(15)7-11/h3-7H,8H2,1-2H3. The van der Waals surface area contributed by atoms with Gasteiger partial charge in [-0.25, -0.2) is 4.39 Å². The summed E-state index contributed by atoms with van der Waals surface area (Å²) >= 11 is 0. The van der Waals surface area contributed by atoms with Gasteiger partial charge in [0.05, 0.1) is 11.5 Å². The number of benzene rings is 1. The van der Waals surface area contributed by atoms with Gasteiger partial charge in [0.15, 0.2) is 0 Å². The Morgan fingerprint density at radius 2 is 2.00 bits per heavy atom. The van der Waals surface area contributed by atoms with Crippen molar-refractivity contribution in [1.82, 2.24) is 4.57 Å². The molecular weight excluding hydrogens is 263 g/mol. The predicted molar refractivity (Wildman–Crippen MR) is 72.3 cm³/mol. The van der Waals surface area contributed by atoms with Crippen LogP contribution in [0.25, 0.3) is 0 Å².